The topological polar surface area (TPSA) is 64.7 Å². The van der Waals surface area contributed by atoms with Crippen LogP contribution in [0.3, 0.4) is 0 Å². The van der Waals surface area contributed by atoms with E-state index in [1.54, 1.807) is 12.4 Å². The van der Waals surface area contributed by atoms with Crippen LogP contribution in [-0.4, -0.2) is 15.2 Å². The van der Waals surface area contributed by atoms with Crippen molar-refractivity contribution < 1.29 is 0 Å². The van der Waals surface area contributed by atoms with E-state index in [1.165, 1.54) is 0 Å². The Balaban J connectivity index is 2.19. The van der Waals surface area contributed by atoms with Gasteiger partial charge in [-0.25, -0.2) is 4.98 Å². The SMILES string of the molecule is Nc1cccc(Cc2nccnn2)c1. The average molecular weight is 186 g/mol. The van der Waals surface area contributed by atoms with Gasteiger partial charge in [0.1, 0.15) is 0 Å². The second kappa shape index (κ2) is 3.83. The first-order valence-electron chi connectivity index (χ1n) is 4.31. The van der Waals surface area contributed by atoms with E-state index >= 15 is 0 Å². The molecule has 0 fully saturated rings. The van der Waals surface area contributed by atoms with Gasteiger partial charge < -0.3 is 5.73 Å². The van der Waals surface area contributed by atoms with Gasteiger partial charge in [-0.05, 0) is 17.7 Å². The standard InChI is InChI=1S/C10H10N4/c11-9-3-1-2-8(6-9)7-10-12-4-5-13-14-10/h1-6H,7,11H2. The van der Waals surface area contributed by atoms with Gasteiger partial charge in [-0.2, -0.15) is 5.10 Å². The molecule has 0 radical (unpaired) electrons. The second-order valence-corrected chi connectivity index (χ2v) is 2.98. The Morgan fingerprint density at radius 1 is 1.21 bits per heavy atom. The molecule has 1 aromatic carbocycles. The lowest BCUT2D eigenvalue weighted by Gasteiger charge is -1.99. The van der Waals surface area contributed by atoms with Crippen LogP contribution in [0.2, 0.25) is 0 Å². The summed E-state index contributed by atoms with van der Waals surface area (Å²) in [7, 11) is 0. The number of hydrogen-bond acceptors (Lipinski definition) is 4. The molecule has 14 heavy (non-hydrogen) atoms. The van der Waals surface area contributed by atoms with Crippen LogP contribution in [0.25, 0.3) is 0 Å². The summed E-state index contributed by atoms with van der Waals surface area (Å²) < 4.78 is 0. The molecule has 0 aliphatic heterocycles. The van der Waals surface area contributed by atoms with E-state index in [2.05, 4.69) is 15.2 Å². The predicted molar refractivity (Wildman–Crippen MR) is 53.5 cm³/mol. The van der Waals surface area contributed by atoms with Crippen LogP contribution in [0, 0.1) is 0 Å². The molecule has 1 heterocycles. The molecule has 0 unspecified atom stereocenters. The number of rotatable bonds is 2. The summed E-state index contributed by atoms with van der Waals surface area (Å²) in [5.74, 6) is 0.707. The van der Waals surface area contributed by atoms with Crippen molar-refractivity contribution >= 4 is 5.69 Å². The molecule has 4 heteroatoms. The molecule has 0 amide bonds. The first-order valence-corrected chi connectivity index (χ1v) is 4.31. The molecular weight excluding hydrogens is 176 g/mol. The summed E-state index contributed by atoms with van der Waals surface area (Å²) in [6.45, 7) is 0. The van der Waals surface area contributed by atoms with Crippen molar-refractivity contribution in [3.63, 3.8) is 0 Å². The molecule has 0 spiro atoms. The Morgan fingerprint density at radius 3 is 2.86 bits per heavy atom. The molecule has 4 nitrogen and oxygen atoms in total. The van der Waals surface area contributed by atoms with Crippen LogP contribution < -0.4 is 5.73 Å². The molecule has 1 aromatic heterocycles. The fraction of sp³-hybridized carbons (Fsp3) is 0.100. The van der Waals surface area contributed by atoms with Crippen LogP contribution in [0.1, 0.15) is 11.4 Å². The quantitative estimate of drug-likeness (QED) is 0.712. The van der Waals surface area contributed by atoms with Crippen molar-refractivity contribution in [1.29, 1.82) is 0 Å². The van der Waals surface area contributed by atoms with Gasteiger partial charge in [0.25, 0.3) is 0 Å². The van der Waals surface area contributed by atoms with E-state index < -0.39 is 0 Å². The van der Waals surface area contributed by atoms with Crippen LogP contribution in [0.15, 0.2) is 36.7 Å². The third kappa shape index (κ3) is 2.04. The predicted octanol–water partition coefficient (Wildman–Crippen LogP) is 1.04. The van der Waals surface area contributed by atoms with Gasteiger partial charge in [0.15, 0.2) is 5.82 Å². The molecule has 0 bridgehead atoms. The smallest absolute Gasteiger partial charge is 0.155 e. The fourth-order valence-corrected chi connectivity index (χ4v) is 1.24. The summed E-state index contributed by atoms with van der Waals surface area (Å²) in [6.07, 6.45) is 3.86. The minimum atomic E-state index is 0.666. The number of nitrogens with two attached hydrogens (primary N) is 1. The maximum Gasteiger partial charge on any atom is 0.155 e. The molecule has 0 atom stereocenters. The van der Waals surface area contributed by atoms with Gasteiger partial charge in [0.2, 0.25) is 0 Å². The molecule has 2 rings (SSSR count). The van der Waals surface area contributed by atoms with E-state index in [1.807, 2.05) is 24.3 Å². The second-order valence-electron chi connectivity index (χ2n) is 2.98. The third-order valence-electron chi connectivity index (χ3n) is 1.84. The zero-order valence-corrected chi connectivity index (χ0v) is 7.59. The third-order valence-corrected chi connectivity index (χ3v) is 1.84. The van der Waals surface area contributed by atoms with Gasteiger partial charge in [-0.15, -0.1) is 5.10 Å². The molecule has 2 N–H and O–H groups in total. The number of nitrogen functional groups attached to an aromatic ring is 1. The molecule has 0 saturated carbocycles. The van der Waals surface area contributed by atoms with Gasteiger partial charge >= 0.3 is 0 Å². The molecule has 70 valence electrons. The Hall–Kier alpha value is -1.97. The lowest BCUT2D eigenvalue weighted by Crippen LogP contribution is -1.97. The number of benzene rings is 1. The number of anilines is 1. The monoisotopic (exact) mass is 186 g/mol. The van der Waals surface area contributed by atoms with Crippen LogP contribution in [0.5, 0.6) is 0 Å². The summed E-state index contributed by atoms with van der Waals surface area (Å²) in [5, 5.41) is 7.66. The maximum absolute atomic E-state index is 5.66. The van der Waals surface area contributed by atoms with Crippen molar-refractivity contribution in [3.8, 4) is 0 Å². The van der Waals surface area contributed by atoms with E-state index in [-0.39, 0.29) is 0 Å². The molecule has 2 aromatic rings. The van der Waals surface area contributed by atoms with Crippen LogP contribution in [0.4, 0.5) is 5.69 Å². The fourth-order valence-electron chi connectivity index (χ4n) is 1.24. The van der Waals surface area contributed by atoms with Crippen LogP contribution in [-0.2, 0) is 6.42 Å². The van der Waals surface area contributed by atoms with Crippen molar-refractivity contribution in [1.82, 2.24) is 15.2 Å². The zero-order chi connectivity index (χ0) is 9.80. The lowest BCUT2D eigenvalue weighted by molar-refractivity contribution is 0.864. The summed E-state index contributed by atoms with van der Waals surface area (Å²) in [6, 6.07) is 7.68. The summed E-state index contributed by atoms with van der Waals surface area (Å²) in [5.41, 5.74) is 7.51. The minimum Gasteiger partial charge on any atom is -0.399 e. The van der Waals surface area contributed by atoms with Crippen molar-refractivity contribution in [2.75, 3.05) is 5.73 Å². The lowest BCUT2D eigenvalue weighted by atomic mass is 10.1. The van der Waals surface area contributed by atoms with E-state index in [4.69, 9.17) is 5.73 Å². The average Bonchev–Trinajstić information content (AvgIpc) is 2.19. The van der Waals surface area contributed by atoms with Crippen molar-refractivity contribution in [2.45, 2.75) is 6.42 Å². The highest BCUT2D eigenvalue weighted by atomic mass is 15.1. The number of aromatic nitrogens is 3. The highest BCUT2D eigenvalue weighted by molar-refractivity contribution is 5.41. The maximum atomic E-state index is 5.66. The highest BCUT2D eigenvalue weighted by Gasteiger charge is 1.98. The van der Waals surface area contributed by atoms with Crippen molar-refractivity contribution in [3.05, 3.63) is 48.0 Å². The molecule has 0 aliphatic carbocycles. The largest absolute Gasteiger partial charge is 0.399 e. The zero-order valence-electron chi connectivity index (χ0n) is 7.59. The number of nitrogens with zero attached hydrogens (tertiary/aromatic N) is 3. The highest BCUT2D eigenvalue weighted by Crippen LogP contribution is 2.08. The molecular formula is C10H10N4. The molecule has 0 aliphatic rings. The molecule has 0 saturated heterocycles. The van der Waals surface area contributed by atoms with E-state index in [9.17, 15) is 0 Å². The first kappa shape index (κ1) is 8.62. The normalized spacial score (nSPS) is 10.0. The van der Waals surface area contributed by atoms with E-state index in [0.29, 0.717) is 12.2 Å². The Bertz CT molecular complexity index is 413. The first-order chi connectivity index (χ1) is 6.84. The van der Waals surface area contributed by atoms with Gasteiger partial charge in [-0.1, -0.05) is 12.1 Å². The van der Waals surface area contributed by atoms with E-state index in [0.717, 1.165) is 11.3 Å². The summed E-state index contributed by atoms with van der Waals surface area (Å²) >= 11 is 0. The van der Waals surface area contributed by atoms with Gasteiger partial charge in [-0.3, -0.25) is 0 Å². The minimum absolute atomic E-state index is 0.666. The van der Waals surface area contributed by atoms with Crippen molar-refractivity contribution in [2.24, 2.45) is 0 Å². The summed E-state index contributed by atoms with van der Waals surface area (Å²) in [4.78, 5) is 4.09. The number of hydrogen-bond donors (Lipinski definition) is 1. The van der Waals surface area contributed by atoms with Gasteiger partial charge in [0.05, 0.1) is 6.20 Å². The Morgan fingerprint density at radius 2 is 2.14 bits per heavy atom. The Kier molecular flexibility index (Phi) is 2.36. The van der Waals surface area contributed by atoms with Crippen LogP contribution >= 0.6 is 0 Å². The van der Waals surface area contributed by atoms with Gasteiger partial charge in [0, 0.05) is 18.3 Å². The Labute approximate surface area is 81.8 Å².